The van der Waals surface area contributed by atoms with Crippen LogP contribution in [0.3, 0.4) is 0 Å². The minimum absolute atomic E-state index is 0.110. The average Bonchev–Trinajstić information content (AvgIpc) is 2.59. The van der Waals surface area contributed by atoms with Gasteiger partial charge >= 0.3 is 0 Å². The summed E-state index contributed by atoms with van der Waals surface area (Å²) in [5.74, 6) is 0.988. The Morgan fingerprint density at radius 2 is 2.45 bits per heavy atom. The molecule has 11 heavy (non-hydrogen) atoms. The highest BCUT2D eigenvalue weighted by Gasteiger charge is 2.47. The highest BCUT2D eigenvalue weighted by Crippen LogP contribution is 2.40. The van der Waals surface area contributed by atoms with Crippen LogP contribution >= 0.6 is 0 Å². The van der Waals surface area contributed by atoms with E-state index in [0.29, 0.717) is 6.04 Å². The number of carbonyl (C=O) groups excluding carboxylic acids is 1. The van der Waals surface area contributed by atoms with Crippen LogP contribution in [-0.4, -0.2) is 24.5 Å². The topological polar surface area (TPSA) is 41.1 Å². The second-order valence-electron chi connectivity index (χ2n) is 3.45. The summed E-state index contributed by atoms with van der Waals surface area (Å²) in [7, 11) is 0. The van der Waals surface area contributed by atoms with Crippen LogP contribution in [0.1, 0.15) is 19.8 Å². The van der Waals surface area contributed by atoms with Gasteiger partial charge in [0.1, 0.15) is 0 Å². The highest BCUT2D eigenvalue weighted by atomic mass is 16.2. The van der Waals surface area contributed by atoms with Crippen molar-refractivity contribution >= 4 is 5.91 Å². The maximum absolute atomic E-state index is 11.2. The number of hydrogen-bond acceptors (Lipinski definition) is 2. The van der Waals surface area contributed by atoms with Crippen LogP contribution in [0.2, 0.25) is 0 Å². The molecule has 2 N–H and O–H groups in total. The van der Waals surface area contributed by atoms with E-state index in [1.54, 1.807) is 0 Å². The first-order chi connectivity index (χ1) is 5.31. The molecule has 0 aromatic carbocycles. The van der Waals surface area contributed by atoms with Crippen molar-refractivity contribution < 1.29 is 4.79 Å². The van der Waals surface area contributed by atoms with E-state index in [1.807, 2.05) is 6.92 Å². The summed E-state index contributed by atoms with van der Waals surface area (Å²) in [6.45, 7) is 2.69. The Kier molecular flexibility index (Phi) is 1.60. The van der Waals surface area contributed by atoms with Crippen molar-refractivity contribution in [3.63, 3.8) is 0 Å². The van der Waals surface area contributed by atoms with Crippen molar-refractivity contribution in [1.29, 1.82) is 0 Å². The van der Waals surface area contributed by atoms with Crippen LogP contribution in [0.25, 0.3) is 0 Å². The third-order valence-corrected chi connectivity index (χ3v) is 2.54. The summed E-state index contributed by atoms with van der Waals surface area (Å²) in [5.41, 5.74) is 0. The van der Waals surface area contributed by atoms with Crippen molar-refractivity contribution in [2.24, 2.45) is 5.92 Å². The first-order valence-electron chi connectivity index (χ1n) is 4.35. The molecule has 1 amide bonds. The Balaban J connectivity index is 1.82. The lowest BCUT2D eigenvalue weighted by molar-refractivity contribution is -0.122. The van der Waals surface area contributed by atoms with Crippen molar-refractivity contribution in [2.75, 3.05) is 6.54 Å². The summed E-state index contributed by atoms with van der Waals surface area (Å²) in [4.78, 5) is 11.2. The zero-order chi connectivity index (χ0) is 7.84. The zero-order valence-electron chi connectivity index (χ0n) is 6.76. The van der Waals surface area contributed by atoms with Gasteiger partial charge in [-0.3, -0.25) is 4.79 Å². The smallest absolute Gasteiger partial charge is 0.237 e. The third kappa shape index (κ3) is 1.25. The summed E-state index contributed by atoms with van der Waals surface area (Å²) >= 11 is 0. The van der Waals surface area contributed by atoms with Gasteiger partial charge in [0.15, 0.2) is 0 Å². The zero-order valence-corrected chi connectivity index (χ0v) is 6.76. The number of carbonyl (C=O) groups is 1. The molecule has 1 heterocycles. The lowest BCUT2D eigenvalue weighted by atomic mass is 10.2. The van der Waals surface area contributed by atoms with Gasteiger partial charge in [-0.2, -0.15) is 0 Å². The predicted molar refractivity (Wildman–Crippen MR) is 42.1 cm³/mol. The molecule has 0 bridgehead atoms. The summed E-state index contributed by atoms with van der Waals surface area (Å²) in [6.07, 6.45) is 2.34. The molecule has 1 saturated carbocycles. The van der Waals surface area contributed by atoms with E-state index in [0.717, 1.165) is 18.9 Å². The van der Waals surface area contributed by atoms with Gasteiger partial charge in [-0.25, -0.2) is 0 Å². The molecule has 1 aliphatic carbocycles. The van der Waals surface area contributed by atoms with E-state index in [2.05, 4.69) is 10.6 Å². The van der Waals surface area contributed by atoms with Gasteiger partial charge in [-0.15, -0.1) is 0 Å². The quantitative estimate of drug-likeness (QED) is 0.582. The first kappa shape index (κ1) is 7.10. The number of rotatable bonds is 2. The molecule has 3 heteroatoms. The van der Waals surface area contributed by atoms with E-state index in [1.165, 1.54) is 6.42 Å². The molecular weight excluding hydrogens is 140 g/mol. The van der Waals surface area contributed by atoms with Crippen LogP contribution in [0.5, 0.6) is 0 Å². The summed E-state index contributed by atoms with van der Waals surface area (Å²) < 4.78 is 0. The van der Waals surface area contributed by atoms with Crippen LogP contribution in [-0.2, 0) is 4.79 Å². The maximum atomic E-state index is 11.2. The highest BCUT2D eigenvalue weighted by molar-refractivity contribution is 5.82. The molecule has 3 nitrogen and oxygen atoms in total. The van der Waals surface area contributed by atoms with E-state index in [9.17, 15) is 4.79 Å². The molecule has 2 aliphatic rings. The predicted octanol–water partition coefficient (Wildman–Crippen LogP) is -0.127. The molecule has 0 unspecified atom stereocenters. The molecule has 0 aromatic rings. The van der Waals surface area contributed by atoms with Crippen LogP contribution in [0.4, 0.5) is 0 Å². The van der Waals surface area contributed by atoms with Crippen molar-refractivity contribution in [1.82, 2.24) is 10.6 Å². The average molecular weight is 154 g/mol. The van der Waals surface area contributed by atoms with E-state index in [-0.39, 0.29) is 11.9 Å². The second-order valence-corrected chi connectivity index (χ2v) is 3.45. The first-order valence-corrected chi connectivity index (χ1v) is 4.35. The molecule has 0 radical (unpaired) electrons. The number of hydrogen-bond donors (Lipinski definition) is 2. The Labute approximate surface area is 66.5 Å². The number of amides is 1. The van der Waals surface area contributed by atoms with Gasteiger partial charge in [-0.1, -0.05) is 0 Å². The van der Waals surface area contributed by atoms with Crippen molar-refractivity contribution in [3.05, 3.63) is 0 Å². The largest absolute Gasteiger partial charge is 0.355 e. The molecule has 0 aromatic heterocycles. The fourth-order valence-electron chi connectivity index (χ4n) is 1.82. The molecular formula is C8H14N2O. The number of likely N-dealkylation sites (N-methyl/N-ethyl adjacent to an activating group) is 1. The molecule has 62 valence electrons. The van der Waals surface area contributed by atoms with Crippen LogP contribution < -0.4 is 10.6 Å². The lowest BCUT2D eigenvalue weighted by Crippen LogP contribution is -2.42. The van der Waals surface area contributed by atoms with Crippen LogP contribution in [0, 0.1) is 5.92 Å². The van der Waals surface area contributed by atoms with Gasteiger partial charge in [-0.05, 0) is 25.7 Å². The Morgan fingerprint density at radius 1 is 1.64 bits per heavy atom. The summed E-state index contributed by atoms with van der Waals surface area (Å²) in [5, 5.41) is 6.13. The Bertz CT molecular complexity index is 171. The third-order valence-electron chi connectivity index (χ3n) is 2.54. The van der Waals surface area contributed by atoms with Gasteiger partial charge in [0.2, 0.25) is 5.91 Å². The minimum Gasteiger partial charge on any atom is -0.355 e. The Morgan fingerprint density at radius 3 is 3.00 bits per heavy atom. The molecule has 2 fully saturated rings. The van der Waals surface area contributed by atoms with Gasteiger partial charge < -0.3 is 10.6 Å². The van der Waals surface area contributed by atoms with Crippen molar-refractivity contribution in [2.45, 2.75) is 31.8 Å². The SMILES string of the molecule is CCNC(=O)[C@@H]1C[C@H]2C[C@H]2N1. The minimum atomic E-state index is 0.110. The van der Waals surface area contributed by atoms with E-state index < -0.39 is 0 Å². The molecule has 2 rings (SSSR count). The van der Waals surface area contributed by atoms with Crippen LogP contribution in [0.15, 0.2) is 0 Å². The standard InChI is InChI=1S/C8H14N2O/c1-2-9-8(11)7-4-5-3-6(5)10-7/h5-7,10H,2-4H2,1H3,(H,9,11)/t5-,6-,7+/m1/s1. The van der Waals surface area contributed by atoms with Gasteiger partial charge in [0.25, 0.3) is 0 Å². The number of fused-ring (bicyclic) bond motifs is 1. The van der Waals surface area contributed by atoms with E-state index in [4.69, 9.17) is 0 Å². The fraction of sp³-hybridized carbons (Fsp3) is 0.875. The van der Waals surface area contributed by atoms with Gasteiger partial charge in [0.05, 0.1) is 6.04 Å². The van der Waals surface area contributed by atoms with E-state index >= 15 is 0 Å². The fourth-order valence-corrected chi connectivity index (χ4v) is 1.82. The molecule has 0 spiro atoms. The van der Waals surface area contributed by atoms with Gasteiger partial charge in [0, 0.05) is 12.6 Å². The second kappa shape index (κ2) is 2.48. The monoisotopic (exact) mass is 154 g/mol. The van der Waals surface area contributed by atoms with Crippen molar-refractivity contribution in [3.8, 4) is 0 Å². The lowest BCUT2D eigenvalue weighted by Gasteiger charge is -2.11. The summed E-state index contributed by atoms with van der Waals surface area (Å²) in [6, 6.07) is 0.779. The normalized spacial score (nSPS) is 39.9. The molecule has 1 aliphatic heterocycles. The number of piperidine rings is 1. The maximum Gasteiger partial charge on any atom is 0.237 e. The molecule has 1 saturated heterocycles. The Hall–Kier alpha value is -0.570. The molecule has 3 atom stereocenters. The number of nitrogens with one attached hydrogen (secondary N) is 2.